The van der Waals surface area contributed by atoms with Gasteiger partial charge in [0.15, 0.2) is 0 Å². The van der Waals surface area contributed by atoms with Crippen LogP contribution in [0, 0.1) is 17.8 Å². The maximum Gasteiger partial charge on any atom is 0.116 e. The van der Waals surface area contributed by atoms with Gasteiger partial charge in [-0.2, -0.15) is 5.10 Å². The molecule has 2 aliphatic heterocycles. The van der Waals surface area contributed by atoms with Gasteiger partial charge in [-0.15, -0.1) is 0 Å². The predicted octanol–water partition coefficient (Wildman–Crippen LogP) is 7.10. The van der Waals surface area contributed by atoms with Crippen molar-refractivity contribution in [2.45, 2.75) is 40.0 Å². The lowest BCUT2D eigenvalue weighted by Gasteiger charge is -2.47. The number of hydrogen-bond acceptors (Lipinski definition) is 4. The van der Waals surface area contributed by atoms with E-state index < -0.39 is 0 Å². The molecule has 1 saturated carbocycles. The van der Waals surface area contributed by atoms with E-state index in [4.69, 9.17) is 0 Å². The summed E-state index contributed by atoms with van der Waals surface area (Å²) in [5.41, 5.74) is 8.18. The fourth-order valence-electron chi connectivity index (χ4n) is 5.76. The number of anilines is 1. The molecule has 4 heterocycles. The number of nitrogens with one attached hydrogen (secondary N) is 2. The first-order valence-corrected chi connectivity index (χ1v) is 13.5. The van der Waals surface area contributed by atoms with Crippen molar-refractivity contribution in [1.29, 1.82) is 0 Å². The molecule has 2 N–H and O–H groups in total. The molecule has 3 fully saturated rings. The van der Waals surface area contributed by atoms with Gasteiger partial charge >= 0.3 is 0 Å². The van der Waals surface area contributed by atoms with Crippen LogP contribution >= 0.6 is 0 Å². The Morgan fingerprint density at radius 1 is 1.19 bits per heavy atom. The lowest BCUT2D eigenvalue weighted by Crippen LogP contribution is -2.48. The minimum Gasteiger partial charge on any atom is -0.353 e. The summed E-state index contributed by atoms with van der Waals surface area (Å²) in [7, 11) is 0. The standard InChI is InChI=1S/C32H39N5/c1-6-23(18-37-19-24-13-25(14-24)20-37)15-26(7-2)27-8-11-31-30(16-27)32(36-35-31)22(5)34-29-10-9-28(33-17-29)12-21(3)4/h6-11,15-17,21,24-25,34H,1,5,12-14,18-20H2,2-4H3,(H,35,36)/b23-15+,26-7+. The normalized spacial score (nSPS) is 20.2. The molecule has 0 amide bonds. The smallest absolute Gasteiger partial charge is 0.116 e. The van der Waals surface area contributed by atoms with Crippen LogP contribution in [0.2, 0.25) is 0 Å². The minimum atomic E-state index is 0.584. The van der Waals surface area contributed by atoms with Crippen molar-refractivity contribution in [3.63, 3.8) is 0 Å². The van der Waals surface area contributed by atoms with Crippen molar-refractivity contribution in [3.05, 3.63) is 90.4 Å². The molecule has 37 heavy (non-hydrogen) atoms. The number of aromatic amines is 1. The van der Waals surface area contributed by atoms with Gasteiger partial charge in [-0.1, -0.05) is 51.3 Å². The number of H-pyrrole nitrogens is 1. The van der Waals surface area contributed by atoms with Gasteiger partial charge in [0.05, 0.1) is 23.1 Å². The molecule has 5 heteroatoms. The summed E-state index contributed by atoms with van der Waals surface area (Å²) < 4.78 is 0. The average Bonchev–Trinajstić information content (AvgIpc) is 3.30. The Morgan fingerprint density at radius 3 is 2.62 bits per heavy atom. The molecular formula is C32H39N5. The van der Waals surface area contributed by atoms with Crippen molar-refractivity contribution < 1.29 is 0 Å². The summed E-state index contributed by atoms with van der Waals surface area (Å²) in [5.74, 6) is 2.40. The second-order valence-electron chi connectivity index (χ2n) is 11.1. The molecule has 6 rings (SSSR count). The Balaban J connectivity index is 1.33. The highest BCUT2D eigenvalue weighted by molar-refractivity contribution is 5.95. The Bertz CT molecular complexity index is 1330. The number of hydrogen-bond donors (Lipinski definition) is 2. The molecular weight excluding hydrogens is 454 g/mol. The molecule has 0 radical (unpaired) electrons. The van der Waals surface area contributed by atoms with E-state index >= 15 is 0 Å². The number of fused-ring (bicyclic) bond motifs is 3. The van der Waals surface area contributed by atoms with Gasteiger partial charge in [-0.05, 0) is 84.9 Å². The topological polar surface area (TPSA) is 56.8 Å². The van der Waals surface area contributed by atoms with Crippen LogP contribution in [0.1, 0.15) is 50.6 Å². The zero-order chi connectivity index (χ0) is 25.9. The van der Waals surface area contributed by atoms with Crippen LogP contribution in [-0.2, 0) is 6.42 Å². The summed E-state index contributed by atoms with van der Waals surface area (Å²) in [6.07, 6.45) is 12.2. The number of pyridine rings is 1. The zero-order valence-electron chi connectivity index (χ0n) is 22.4. The van der Waals surface area contributed by atoms with Crippen molar-refractivity contribution in [2.75, 3.05) is 25.0 Å². The number of rotatable bonds is 10. The molecule has 2 saturated heterocycles. The lowest BCUT2D eigenvalue weighted by atomic mass is 9.71. The molecule has 2 aromatic heterocycles. The maximum atomic E-state index is 4.59. The van der Waals surface area contributed by atoms with E-state index in [0.717, 1.165) is 64.0 Å². The molecule has 0 unspecified atom stereocenters. The molecule has 0 spiro atoms. The van der Waals surface area contributed by atoms with Gasteiger partial charge in [0.1, 0.15) is 5.69 Å². The quantitative estimate of drug-likeness (QED) is 0.296. The molecule has 3 aromatic rings. The number of allylic oxidation sites excluding steroid dienone is 3. The number of piperidine rings is 2. The fourth-order valence-corrected chi connectivity index (χ4v) is 5.76. The van der Waals surface area contributed by atoms with Crippen LogP contribution in [0.4, 0.5) is 5.69 Å². The molecule has 1 aliphatic carbocycles. The second kappa shape index (κ2) is 10.9. The van der Waals surface area contributed by atoms with E-state index in [1.807, 2.05) is 12.3 Å². The molecule has 2 bridgehead atoms. The van der Waals surface area contributed by atoms with Crippen LogP contribution in [0.3, 0.4) is 0 Å². The van der Waals surface area contributed by atoms with E-state index in [1.165, 1.54) is 37.1 Å². The highest BCUT2D eigenvalue weighted by Gasteiger charge is 2.36. The fraction of sp³-hybridized carbons (Fsp3) is 0.375. The summed E-state index contributed by atoms with van der Waals surface area (Å²) in [4.78, 5) is 7.19. The molecule has 5 nitrogen and oxygen atoms in total. The number of nitrogens with zero attached hydrogens (tertiary/aromatic N) is 3. The second-order valence-corrected chi connectivity index (χ2v) is 11.1. The first-order valence-electron chi connectivity index (χ1n) is 13.5. The summed E-state index contributed by atoms with van der Waals surface area (Å²) in [5, 5.41) is 12.2. The van der Waals surface area contributed by atoms with Crippen LogP contribution < -0.4 is 5.32 Å². The molecule has 3 aliphatic rings. The highest BCUT2D eigenvalue weighted by atomic mass is 15.1. The zero-order valence-corrected chi connectivity index (χ0v) is 22.4. The van der Waals surface area contributed by atoms with E-state index in [0.29, 0.717) is 5.92 Å². The van der Waals surface area contributed by atoms with Gasteiger partial charge in [-0.3, -0.25) is 15.0 Å². The highest BCUT2D eigenvalue weighted by Crippen LogP contribution is 2.39. The molecule has 1 aromatic carbocycles. The van der Waals surface area contributed by atoms with Crippen molar-refractivity contribution in [2.24, 2.45) is 17.8 Å². The molecule has 192 valence electrons. The summed E-state index contributed by atoms with van der Waals surface area (Å²) in [6, 6.07) is 10.6. The van der Waals surface area contributed by atoms with Gasteiger partial charge in [0.2, 0.25) is 0 Å². The van der Waals surface area contributed by atoms with Crippen LogP contribution in [0.25, 0.3) is 22.2 Å². The van der Waals surface area contributed by atoms with E-state index in [9.17, 15) is 0 Å². The first-order chi connectivity index (χ1) is 17.9. The van der Waals surface area contributed by atoms with Crippen molar-refractivity contribution in [3.8, 4) is 0 Å². The summed E-state index contributed by atoms with van der Waals surface area (Å²) >= 11 is 0. The lowest BCUT2D eigenvalue weighted by molar-refractivity contribution is 0.0339. The third-order valence-electron chi connectivity index (χ3n) is 7.61. The monoisotopic (exact) mass is 493 g/mol. The molecule has 0 atom stereocenters. The Labute approximate surface area is 221 Å². The largest absolute Gasteiger partial charge is 0.353 e. The number of aromatic nitrogens is 3. The van der Waals surface area contributed by atoms with Gasteiger partial charge in [0.25, 0.3) is 0 Å². The van der Waals surface area contributed by atoms with E-state index in [-0.39, 0.29) is 0 Å². The third-order valence-corrected chi connectivity index (χ3v) is 7.61. The van der Waals surface area contributed by atoms with Gasteiger partial charge < -0.3 is 5.32 Å². The SMILES string of the molecule is C=C/C(=C\C(=C/C)c1ccc2[nH]nc(C(=C)Nc3ccc(CC(C)C)nc3)c2c1)CN1CC2CC(C2)C1. The Morgan fingerprint density at radius 2 is 1.97 bits per heavy atom. The van der Waals surface area contributed by atoms with E-state index in [1.54, 1.807) is 0 Å². The average molecular weight is 494 g/mol. The minimum absolute atomic E-state index is 0.584. The first kappa shape index (κ1) is 25.2. The van der Waals surface area contributed by atoms with Crippen LogP contribution in [-0.4, -0.2) is 39.7 Å². The maximum absolute atomic E-state index is 4.59. The van der Waals surface area contributed by atoms with Gasteiger partial charge in [-0.25, -0.2) is 0 Å². The van der Waals surface area contributed by atoms with Crippen LogP contribution in [0.15, 0.2) is 73.5 Å². The Hall–Kier alpha value is -3.44. The van der Waals surface area contributed by atoms with Crippen molar-refractivity contribution >= 4 is 27.9 Å². The predicted molar refractivity (Wildman–Crippen MR) is 156 cm³/mol. The summed E-state index contributed by atoms with van der Waals surface area (Å²) in [6.45, 7) is 18.3. The van der Waals surface area contributed by atoms with Crippen molar-refractivity contribution in [1.82, 2.24) is 20.1 Å². The van der Waals surface area contributed by atoms with E-state index in [2.05, 4.69) is 102 Å². The third kappa shape index (κ3) is 5.78. The number of benzene rings is 1. The van der Waals surface area contributed by atoms with Gasteiger partial charge in [0, 0.05) is 30.7 Å². The van der Waals surface area contributed by atoms with Crippen LogP contribution in [0.5, 0.6) is 0 Å². The Kier molecular flexibility index (Phi) is 7.43.